The molecule has 24 heavy (non-hydrogen) atoms. The van der Waals surface area contributed by atoms with Crippen LogP contribution in [0.15, 0.2) is 41.0 Å². The Hall–Kier alpha value is -3.00. The van der Waals surface area contributed by atoms with Gasteiger partial charge in [0.1, 0.15) is 17.3 Å². The van der Waals surface area contributed by atoms with Crippen LogP contribution in [0.4, 0.5) is 20.2 Å². The number of pyridine rings is 1. The van der Waals surface area contributed by atoms with Gasteiger partial charge >= 0.3 is 0 Å². The first-order chi connectivity index (χ1) is 11.4. The second kappa shape index (κ2) is 7.05. The monoisotopic (exact) mass is 351 g/mol. The molecule has 0 radical (unpaired) electrons. The lowest BCUT2D eigenvalue weighted by Gasteiger charge is -2.15. The number of nitrogens with two attached hydrogens (primary N) is 1. The Balaban J connectivity index is 2.67. The molecule has 1 heterocycles. The highest BCUT2D eigenvalue weighted by molar-refractivity contribution is 6.35. The third-order valence-corrected chi connectivity index (χ3v) is 3.43. The molecule has 2 rings (SSSR count). The van der Waals surface area contributed by atoms with E-state index < -0.39 is 28.6 Å². The van der Waals surface area contributed by atoms with Crippen LogP contribution in [-0.2, 0) is 0 Å². The summed E-state index contributed by atoms with van der Waals surface area (Å²) >= 11 is 6.01. The third kappa shape index (κ3) is 3.18. The largest absolute Gasteiger partial charge is 0.404 e. The van der Waals surface area contributed by atoms with Crippen molar-refractivity contribution in [3.05, 3.63) is 68.7 Å². The standard InChI is InChI=1S/C15H12ClF2N5O/c16-8-6-22-15(24)11(12(21)7(4-19)5-20)13(8)23-14-9(17)2-1-3-10(14)18/h1-6,19,21H,20H2,(H2,22,23,24)/b7-5+,19-4?,21-12?. The number of halogens is 3. The van der Waals surface area contributed by atoms with Crippen molar-refractivity contribution in [2.45, 2.75) is 0 Å². The first-order valence-corrected chi connectivity index (χ1v) is 6.92. The van der Waals surface area contributed by atoms with E-state index in [1.165, 1.54) is 6.07 Å². The molecule has 0 unspecified atom stereocenters. The minimum atomic E-state index is -0.898. The highest BCUT2D eigenvalue weighted by atomic mass is 35.5. The number of H-pyrrole nitrogens is 1. The van der Waals surface area contributed by atoms with Gasteiger partial charge in [0.25, 0.3) is 5.56 Å². The van der Waals surface area contributed by atoms with Crippen LogP contribution in [0.1, 0.15) is 5.56 Å². The van der Waals surface area contributed by atoms with Crippen molar-refractivity contribution in [3.8, 4) is 0 Å². The molecule has 1 aromatic heterocycles. The average molecular weight is 352 g/mol. The van der Waals surface area contributed by atoms with Crippen LogP contribution in [0.2, 0.25) is 5.02 Å². The molecule has 0 bridgehead atoms. The zero-order valence-electron chi connectivity index (χ0n) is 12.1. The second-order valence-electron chi connectivity index (χ2n) is 4.58. The minimum Gasteiger partial charge on any atom is -0.404 e. The number of para-hydroxylation sites is 1. The first kappa shape index (κ1) is 17.4. The molecule has 6 N–H and O–H groups in total. The molecule has 0 amide bonds. The van der Waals surface area contributed by atoms with Gasteiger partial charge in [-0.05, 0) is 12.1 Å². The van der Waals surface area contributed by atoms with Gasteiger partial charge in [-0.25, -0.2) is 8.78 Å². The summed E-state index contributed by atoms with van der Waals surface area (Å²) in [5.41, 5.74) is 3.11. The van der Waals surface area contributed by atoms with Crippen LogP contribution in [0.5, 0.6) is 0 Å². The molecule has 6 nitrogen and oxygen atoms in total. The molecule has 0 fully saturated rings. The molecule has 0 aliphatic rings. The fraction of sp³-hybridized carbons (Fsp3) is 0. The summed E-state index contributed by atoms with van der Waals surface area (Å²) in [6.45, 7) is 0. The fourth-order valence-electron chi connectivity index (χ4n) is 1.96. The number of allylic oxidation sites excluding steroid dienone is 1. The summed E-state index contributed by atoms with van der Waals surface area (Å²) in [6, 6.07) is 3.24. The molecule has 1 aromatic carbocycles. The minimum absolute atomic E-state index is 0.0696. The number of aromatic amines is 1. The van der Waals surface area contributed by atoms with E-state index in [4.69, 9.17) is 28.2 Å². The lowest BCUT2D eigenvalue weighted by atomic mass is 10.0. The van der Waals surface area contributed by atoms with Crippen LogP contribution in [-0.4, -0.2) is 16.9 Å². The van der Waals surface area contributed by atoms with Crippen molar-refractivity contribution in [2.24, 2.45) is 5.73 Å². The maximum atomic E-state index is 13.8. The van der Waals surface area contributed by atoms with E-state index in [1.54, 1.807) is 0 Å². The van der Waals surface area contributed by atoms with E-state index in [0.29, 0.717) is 0 Å². The quantitative estimate of drug-likeness (QED) is 0.533. The van der Waals surface area contributed by atoms with Gasteiger partial charge in [0.2, 0.25) is 0 Å². The highest BCUT2D eigenvalue weighted by Crippen LogP contribution is 2.30. The third-order valence-electron chi connectivity index (χ3n) is 3.13. The molecule has 0 atom stereocenters. The van der Waals surface area contributed by atoms with E-state index in [9.17, 15) is 13.6 Å². The second-order valence-corrected chi connectivity index (χ2v) is 4.99. The van der Waals surface area contributed by atoms with Crippen molar-refractivity contribution in [1.29, 1.82) is 10.8 Å². The number of benzene rings is 1. The van der Waals surface area contributed by atoms with Gasteiger partial charge in [-0.2, -0.15) is 0 Å². The molecule has 9 heteroatoms. The predicted octanol–water partition coefficient (Wildman–Crippen LogP) is 2.91. The van der Waals surface area contributed by atoms with Gasteiger partial charge < -0.3 is 21.4 Å². The van der Waals surface area contributed by atoms with Crippen molar-refractivity contribution >= 4 is 34.9 Å². The summed E-state index contributed by atoms with van der Waals surface area (Å²) in [5.74, 6) is -1.80. The molecule has 0 spiro atoms. The maximum absolute atomic E-state index is 13.8. The average Bonchev–Trinajstić information content (AvgIpc) is 2.55. The topological polar surface area (TPSA) is 119 Å². The van der Waals surface area contributed by atoms with E-state index >= 15 is 0 Å². The Morgan fingerprint density at radius 1 is 1.29 bits per heavy atom. The van der Waals surface area contributed by atoms with E-state index in [1.807, 2.05) is 0 Å². The summed E-state index contributed by atoms with van der Waals surface area (Å²) < 4.78 is 27.7. The van der Waals surface area contributed by atoms with Gasteiger partial charge in [0.05, 0.1) is 22.0 Å². The van der Waals surface area contributed by atoms with Crippen molar-refractivity contribution in [1.82, 2.24) is 4.98 Å². The summed E-state index contributed by atoms with van der Waals surface area (Å²) in [7, 11) is 0. The lowest BCUT2D eigenvalue weighted by Crippen LogP contribution is -2.22. The SMILES string of the molecule is N=C/C(=C\N)C(=N)c1c(Nc2c(F)cccc2F)c(Cl)c[nH]c1=O. The summed E-state index contributed by atoms with van der Waals surface area (Å²) in [4.78, 5) is 14.4. The molecule has 124 valence electrons. The van der Waals surface area contributed by atoms with Crippen LogP contribution in [0, 0.1) is 22.5 Å². The zero-order valence-corrected chi connectivity index (χ0v) is 12.8. The van der Waals surface area contributed by atoms with Crippen molar-refractivity contribution in [2.75, 3.05) is 5.32 Å². The van der Waals surface area contributed by atoms with Crippen LogP contribution < -0.4 is 16.6 Å². The number of hydrogen-bond donors (Lipinski definition) is 5. The Morgan fingerprint density at radius 3 is 2.46 bits per heavy atom. The predicted molar refractivity (Wildman–Crippen MR) is 89.6 cm³/mol. The van der Waals surface area contributed by atoms with E-state index in [2.05, 4.69) is 10.3 Å². The number of hydrogen-bond acceptors (Lipinski definition) is 5. The first-order valence-electron chi connectivity index (χ1n) is 6.54. The molecule has 0 saturated heterocycles. The Bertz CT molecular complexity index is 887. The van der Waals surface area contributed by atoms with Gasteiger partial charge in [0, 0.05) is 24.2 Å². The maximum Gasteiger partial charge on any atom is 0.259 e. The molecule has 0 aliphatic carbocycles. The normalized spacial score (nSPS) is 11.2. The highest BCUT2D eigenvalue weighted by Gasteiger charge is 2.20. The Morgan fingerprint density at radius 2 is 1.92 bits per heavy atom. The van der Waals surface area contributed by atoms with Crippen molar-refractivity contribution < 1.29 is 8.78 Å². The lowest BCUT2D eigenvalue weighted by molar-refractivity contribution is 0.591. The van der Waals surface area contributed by atoms with E-state index in [0.717, 1.165) is 30.7 Å². The summed E-state index contributed by atoms with van der Waals surface area (Å²) in [6.07, 6.45) is 2.86. The van der Waals surface area contributed by atoms with Crippen molar-refractivity contribution in [3.63, 3.8) is 0 Å². The molecule has 0 aliphatic heterocycles. The zero-order chi connectivity index (χ0) is 17.9. The van der Waals surface area contributed by atoms with Gasteiger partial charge in [0.15, 0.2) is 0 Å². The molecular formula is C15H12ClF2N5O. The number of rotatable bonds is 5. The van der Waals surface area contributed by atoms with Crippen LogP contribution in [0.25, 0.3) is 0 Å². The van der Waals surface area contributed by atoms with Crippen LogP contribution >= 0.6 is 11.6 Å². The molecule has 2 aromatic rings. The Labute approximate surface area is 140 Å². The molecular weight excluding hydrogens is 340 g/mol. The fourth-order valence-corrected chi connectivity index (χ4v) is 2.15. The van der Waals surface area contributed by atoms with Gasteiger partial charge in [-0.15, -0.1) is 0 Å². The Kier molecular flexibility index (Phi) is 5.10. The van der Waals surface area contributed by atoms with Crippen LogP contribution in [0.3, 0.4) is 0 Å². The number of aromatic nitrogens is 1. The van der Waals surface area contributed by atoms with Gasteiger partial charge in [-0.1, -0.05) is 17.7 Å². The smallest absolute Gasteiger partial charge is 0.259 e. The summed E-state index contributed by atoms with van der Waals surface area (Å²) in [5, 5.41) is 17.6. The number of anilines is 2. The molecule has 0 saturated carbocycles. The number of nitrogens with one attached hydrogen (secondary N) is 4. The van der Waals surface area contributed by atoms with E-state index in [-0.39, 0.29) is 21.8 Å². The van der Waals surface area contributed by atoms with Gasteiger partial charge in [-0.3, -0.25) is 10.2 Å².